The minimum absolute atomic E-state index is 0.0797. The van der Waals surface area contributed by atoms with Crippen molar-refractivity contribution < 1.29 is 9.53 Å². The highest BCUT2D eigenvalue weighted by atomic mass is 16.5. The highest BCUT2D eigenvalue weighted by Crippen LogP contribution is 2.35. The van der Waals surface area contributed by atoms with E-state index in [1.54, 1.807) is 0 Å². The van der Waals surface area contributed by atoms with Crippen LogP contribution in [-0.4, -0.2) is 49.2 Å². The Balaban J connectivity index is 2.06. The molecule has 0 radical (unpaired) electrons. The third-order valence-electron chi connectivity index (χ3n) is 5.29. The second-order valence-electron chi connectivity index (χ2n) is 6.46. The van der Waals surface area contributed by atoms with Crippen molar-refractivity contribution in [1.82, 2.24) is 10.2 Å². The summed E-state index contributed by atoms with van der Waals surface area (Å²) in [4.78, 5) is 14.8. The average Bonchev–Trinajstić information content (AvgIpc) is 3.00. The lowest BCUT2D eigenvalue weighted by atomic mass is 9.78. The van der Waals surface area contributed by atoms with Gasteiger partial charge in [0.2, 0.25) is 0 Å². The number of rotatable bonds is 5. The van der Waals surface area contributed by atoms with Crippen molar-refractivity contribution in [2.24, 2.45) is 0 Å². The first-order valence-electron chi connectivity index (χ1n) is 8.18. The molecule has 2 unspecified atom stereocenters. The Morgan fingerprint density at radius 3 is 2.50 bits per heavy atom. The Labute approximate surface area is 123 Å². The van der Waals surface area contributed by atoms with Crippen LogP contribution < -0.4 is 5.32 Å². The Morgan fingerprint density at radius 2 is 1.90 bits per heavy atom. The lowest BCUT2D eigenvalue weighted by molar-refractivity contribution is -0.151. The predicted molar refractivity (Wildman–Crippen MR) is 80.7 cm³/mol. The molecular formula is C16H30N2O2. The van der Waals surface area contributed by atoms with E-state index < -0.39 is 5.54 Å². The van der Waals surface area contributed by atoms with Crippen molar-refractivity contribution in [3.8, 4) is 0 Å². The summed E-state index contributed by atoms with van der Waals surface area (Å²) >= 11 is 0. The molecule has 0 aromatic rings. The fourth-order valence-electron chi connectivity index (χ4n) is 4.16. The Morgan fingerprint density at radius 1 is 1.25 bits per heavy atom. The van der Waals surface area contributed by atoms with E-state index in [9.17, 15) is 4.79 Å². The van der Waals surface area contributed by atoms with Crippen LogP contribution in [0.3, 0.4) is 0 Å². The molecule has 0 amide bonds. The number of hydrogen-bond donors (Lipinski definition) is 1. The van der Waals surface area contributed by atoms with Crippen molar-refractivity contribution in [2.75, 3.05) is 20.7 Å². The number of nitrogens with zero attached hydrogens (tertiary/aromatic N) is 1. The van der Waals surface area contributed by atoms with Gasteiger partial charge in [0.15, 0.2) is 0 Å². The monoisotopic (exact) mass is 282 g/mol. The number of carbonyl (C=O) groups excluding carboxylic acids is 1. The molecule has 0 bridgehead atoms. The molecule has 2 aliphatic carbocycles. The Hall–Kier alpha value is -0.610. The summed E-state index contributed by atoms with van der Waals surface area (Å²) in [7, 11) is 3.76. The van der Waals surface area contributed by atoms with Gasteiger partial charge in [-0.1, -0.05) is 19.8 Å². The molecule has 0 saturated heterocycles. The topological polar surface area (TPSA) is 41.6 Å². The summed E-state index contributed by atoms with van der Waals surface area (Å²) in [5.41, 5.74) is -0.459. The molecule has 1 N–H and O–H groups in total. The van der Waals surface area contributed by atoms with Crippen LogP contribution in [0.15, 0.2) is 0 Å². The van der Waals surface area contributed by atoms with Gasteiger partial charge in [0.05, 0.1) is 7.11 Å². The first-order chi connectivity index (χ1) is 9.63. The van der Waals surface area contributed by atoms with Crippen molar-refractivity contribution in [3.63, 3.8) is 0 Å². The first kappa shape index (κ1) is 15.8. The molecule has 2 saturated carbocycles. The second-order valence-corrected chi connectivity index (χ2v) is 6.46. The molecule has 0 heterocycles. The van der Waals surface area contributed by atoms with Crippen LogP contribution in [0, 0.1) is 0 Å². The summed E-state index contributed by atoms with van der Waals surface area (Å²) < 4.78 is 5.08. The highest BCUT2D eigenvalue weighted by Gasteiger charge is 2.44. The molecule has 0 spiro atoms. The van der Waals surface area contributed by atoms with Crippen LogP contribution >= 0.6 is 0 Å². The fourth-order valence-corrected chi connectivity index (χ4v) is 4.16. The lowest BCUT2D eigenvalue weighted by Crippen LogP contribution is -2.59. The van der Waals surface area contributed by atoms with Gasteiger partial charge in [0.1, 0.15) is 5.54 Å². The van der Waals surface area contributed by atoms with Gasteiger partial charge in [0, 0.05) is 12.1 Å². The van der Waals surface area contributed by atoms with Crippen molar-refractivity contribution in [3.05, 3.63) is 0 Å². The van der Waals surface area contributed by atoms with Crippen LogP contribution in [-0.2, 0) is 9.53 Å². The van der Waals surface area contributed by atoms with E-state index in [0.717, 1.165) is 31.8 Å². The summed E-state index contributed by atoms with van der Waals surface area (Å²) in [5, 5.41) is 3.42. The number of nitrogens with one attached hydrogen (secondary N) is 1. The Kier molecular flexibility index (Phi) is 5.44. The predicted octanol–water partition coefficient (Wildman–Crippen LogP) is 2.32. The zero-order chi connectivity index (χ0) is 14.6. The average molecular weight is 282 g/mol. The molecule has 2 aliphatic rings. The second kappa shape index (κ2) is 6.90. The molecule has 2 rings (SSSR count). The van der Waals surface area contributed by atoms with E-state index in [-0.39, 0.29) is 5.97 Å². The molecule has 0 aromatic carbocycles. The van der Waals surface area contributed by atoms with Crippen LogP contribution in [0.2, 0.25) is 0 Å². The highest BCUT2D eigenvalue weighted by molar-refractivity contribution is 5.81. The number of carbonyl (C=O) groups is 1. The molecule has 4 nitrogen and oxygen atoms in total. The van der Waals surface area contributed by atoms with E-state index in [1.165, 1.54) is 39.2 Å². The van der Waals surface area contributed by atoms with Crippen molar-refractivity contribution in [1.29, 1.82) is 0 Å². The normalized spacial score (nSPS) is 31.7. The molecule has 2 fully saturated rings. The van der Waals surface area contributed by atoms with Crippen molar-refractivity contribution in [2.45, 2.75) is 75.9 Å². The summed E-state index contributed by atoms with van der Waals surface area (Å²) in [6.07, 6.45) is 9.46. The molecule has 0 aliphatic heterocycles. The van der Waals surface area contributed by atoms with Gasteiger partial charge >= 0.3 is 5.97 Å². The van der Waals surface area contributed by atoms with Gasteiger partial charge < -0.3 is 15.0 Å². The van der Waals surface area contributed by atoms with Gasteiger partial charge in [-0.25, -0.2) is 0 Å². The van der Waals surface area contributed by atoms with Crippen LogP contribution in [0.1, 0.15) is 58.3 Å². The summed E-state index contributed by atoms with van der Waals surface area (Å²) in [6.45, 7) is 2.88. The van der Waals surface area contributed by atoms with Crippen LogP contribution in [0.25, 0.3) is 0 Å². The SMILES string of the molecule is CCNC1(C(=O)OC)CCCC(N(C)C2CCCC2)C1. The molecular weight excluding hydrogens is 252 g/mol. The van der Waals surface area contributed by atoms with E-state index >= 15 is 0 Å². The summed E-state index contributed by atoms with van der Waals surface area (Å²) in [6, 6.07) is 1.22. The minimum atomic E-state index is -0.459. The maximum absolute atomic E-state index is 12.3. The standard InChI is InChI=1S/C16H30N2O2/c1-4-17-16(15(19)20-3)11-7-10-14(12-16)18(2)13-8-5-6-9-13/h13-14,17H,4-12H2,1-3H3. The molecule has 4 heteroatoms. The van der Waals surface area contributed by atoms with E-state index in [1.807, 2.05) is 0 Å². The quantitative estimate of drug-likeness (QED) is 0.786. The number of ether oxygens (including phenoxy) is 1. The number of esters is 1. The largest absolute Gasteiger partial charge is 0.468 e. The summed E-state index contributed by atoms with van der Waals surface area (Å²) in [5.74, 6) is -0.0797. The van der Waals surface area contributed by atoms with E-state index in [2.05, 4.69) is 24.2 Å². The minimum Gasteiger partial charge on any atom is -0.468 e. The third-order valence-corrected chi connectivity index (χ3v) is 5.29. The number of methoxy groups -OCH3 is 1. The smallest absolute Gasteiger partial charge is 0.326 e. The molecule has 0 aromatic heterocycles. The van der Waals surface area contributed by atoms with Crippen LogP contribution in [0.5, 0.6) is 0 Å². The first-order valence-corrected chi connectivity index (χ1v) is 8.18. The van der Waals surface area contributed by atoms with Crippen LogP contribution in [0.4, 0.5) is 0 Å². The van der Waals surface area contributed by atoms with Gasteiger partial charge in [-0.05, 0) is 52.1 Å². The third kappa shape index (κ3) is 3.17. The van der Waals surface area contributed by atoms with E-state index in [4.69, 9.17) is 4.74 Å². The molecule has 2 atom stereocenters. The lowest BCUT2D eigenvalue weighted by Gasteiger charge is -2.44. The van der Waals surface area contributed by atoms with Gasteiger partial charge in [-0.3, -0.25) is 4.79 Å². The van der Waals surface area contributed by atoms with Gasteiger partial charge in [-0.15, -0.1) is 0 Å². The maximum atomic E-state index is 12.3. The van der Waals surface area contributed by atoms with Gasteiger partial charge in [-0.2, -0.15) is 0 Å². The van der Waals surface area contributed by atoms with E-state index in [0.29, 0.717) is 6.04 Å². The molecule has 20 heavy (non-hydrogen) atoms. The van der Waals surface area contributed by atoms with Gasteiger partial charge in [0.25, 0.3) is 0 Å². The maximum Gasteiger partial charge on any atom is 0.326 e. The molecule has 116 valence electrons. The zero-order valence-electron chi connectivity index (χ0n) is 13.3. The zero-order valence-corrected chi connectivity index (χ0v) is 13.3. The number of likely N-dealkylation sites (N-methyl/N-ethyl adjacent to an activating group) is 1. The Bertz CT molecular complexity index is 324. The number of hydrogen-bond acceptors (Lipinski definition) is 4. The van der Waals surface area contributed by atoms with Crippen molar-refractivity contribution >= 4 is 5.97 Å². The fraction of sp³-hybridized carbons (Fsp3) is 0.938.